The summed E-state index contributed by atoms with van der Waals surface area (Å²) in [6.45, 7) is 3.09. The number of hydrogen-bond donors (Lipinski definition) is 4. The van der Waals surface area contributed by atoms with E-state index in [2.05, 4.69) is 10.5 Å². The van der Waals surface area contributed by atoms with Crippen LogP contribution in [-0.2, 0) is 6.54 Å². The van der Waals surface area contributed by atoms with Crippen molar-refractivity contribution in [3.8, 4) is 5.75 Å². The standard InChI is InChI=1S/C13H21N3O3/c1-3-10(17)8-15-7-9-4-5-11(13(14)16-18)12(6-9)19-2/h4-6,10,15,17-18H,3,7-8H2,1-2H3,(H2,14,16). The Hall–Kier alpha value is -1.79. The van der Waals surface area contributed by atoms with Gasteiger partial charge in [0.1, 0.15) is 5.75 Å². The SMILES string of the molecule is CCC(O)CNCc1ccc(/C(N)=N/O)c(OC)c1. The highest BCUT2D eigenvalue weighted by atomic mass is 16.5. The van der Waals surface area contributed by atoms with Crippen molar-refractivity contribution in [2.45, 2.75) is 26.0 Å². The first kappa shape index (κ1) is 15.3. The maximum absolute atomic E-state index is 9.44. The predicted octanol–water partition coefficient (Wildman–Crippen LogP) is 0.650. The quantitative estimate of drug-likeness (QED) is 0.251. The number of nitrogens with one attached hydrogen (secondary N) is 1. The summed E-state index contributed by atoms with van der Waals surface area (Å²) in [7, 11) is 1.53. The van der Waals surface area contributed by atoms with Crippen LogP contribution in [0.4, 0.5) is 0 Å². The zero-order valence-corrected chi connectivity index (χ0v) is 11.3. The van der Waals surface area contributed by atoms with E-state index in [0.717, 1.165) is 12.0 Å². The molecule has 0 aromatic heterocycles. The van der Waals surface area contributed by atoms with Crippen LogP contribution in [-0.4, -0.2) is 35.9 Å². The lowest BCUT2D eigenvalue weighted by Gasteiger charge is -2.12. The molecule has 0 spiro atoms. The number of aliphatic hydroxyl groups is 1. The largest absolute Gasteiger partial charge is 0.496 e. The molecular formula is C13H21N3O3. The van der Waals surface area contributed by atoms with Crippen molar-refractivity contribution in [2.75, 3.05) is 13.7 Å². The number of hydrogen-bond acceptors (Lipinski definition) is 5. The van der Waals surface area contributed by atoms with E-state index in [9.17, 15) is 5.11 Å². The first-order valence-corrected chi connectivity index (χ1v) is 6.16. The Morgan fingerprint density at radius 3 is 2.84 bits per heavy atom. The van der Waals surface area contributed by atoms with Gasteiger partial charge in [-0.3, -0.25) is 0 Å². The molecule has 106 valence electrons. The number of methoxy groups -OCH3 is 1. The summed E-state index contributed by atoms with van der Waals surface area (Å²) in [5.74, 6) is 0.559. The molecular weight excluding hydrogens is 246 g/mol. The Morgan fingerprint density at radius 1 is 1.53 bits per heavy atom. The van der Waals surface area contributed by atoms with E-state index in [1.165, 1.54) is 7.11 Å². The minimum Gasteiger partial charge on any atom is -0.496 e. The molecule has 5 N–H and O–H groups in total. The molecule has 0 aliphatic carbocycles. The van der Waals surface area contributed by atoms with E-state index < -0.39 is 0 Å². The van der Waals surface area contributed by atoms with Crippen LogP contribution in [0.3, 0.4) is 0 Å². The van der Waals surface area contributed by atoms with Crippen LogP contribution in [0, 0.1) is 0 Å². The van der Waals surface area contributed by atoms with Crippen LogP contribution >= 0.6 is 0 Å². The Kier molecular flexibility index (Phi) is 6.11. The Labute approximate surface area is 112 Å². The van der Waals surface area contributed by atoms with Crippen molar-refractivity contribution in [3.63, 3.8) is 0 Å². The van der Waals surface area contributed by atoms with Gasteiger partial charge in [-0.05, 0) is 24.1 Å². The zero-order valence-electron chi connectivity index (χ0n) is 11.3. The summed E-state index contributed by atoms with van der Waals surface area (Å²) in [5.41, 5.74) is 7.09. The first-order valence-electron chi connectivity index (χ1n) is 6.16. The molecule has 0 radical (unpaired) electrons. The fraction of sp³-hybridized carbons (Fsp3) is 0.462. The number of nitrogens with zero attached hydrogens (tertiary/aromatic N) is 1. The number of amidine groups is 1. The van der Waals surface area contributed by atoms with E-state index in [4.69, 9.17) is 15.7 Å². The molecule has 1 rings (SSSR count). The van der Waals surface area contributed by atoms with Crippen LogP contribution in [0.1, 0.15) is 24.5 Å². The second-order valence-electron chi connectivity index (χ2n) is 4.21. The smallest absolute Gasteiger partial charge is 0.173 e. The minimum atomic E-state index is -0.335. The van der Waals surface area contributed by atoms with Gasteiger partial charge in [-0.1, -0.05) is 18.1 Å². The maximum atomic E-state index is 9.44. The van der Waals surface area contributed by atoms with Crippen LogP contribution in [0.15, 0.2) is 23.4 Å². The summed E-state index contributed by atoms with van der Waals surface area (Å²) < 4.78 is 5.21. The lowest BCUT2D eigenvalue weighted by atomic mass is 10.1. The van der Waals surface area contributed by atoms with Gasteiger partial charge in [0.05, 0.1) is 18.8 Å². The lowest BCUT2D eigenvalue weighted by molar-refractivity contribution is 0.167. The number of benzene rings is 1. The molecule has 19 heavy (non-hydrogen) atoms. The van der Waals surface area contributed by atoms with E-state index in [0.29, 0.717) is 24.4 Å². The van der Waals surface area contributed by atoms with Gasteiger partial charge in [-0.2, -0.15) is 0 Å². The number of oxime groups is 1. The molecule has 1 unspecified atom stereocenters. The summed E-state index contributed by atoms with van der Waals surface area (Å²) >= 11 is 0. The van der Waals surface area contributed by atoms with Gasteiger partial charge in [0.25, 0.3) is 0 Å². The van der Waals surface area contributed by atoms with Crippen molar-refractivity contribution in [3.05, 3.63) is 29.3 Å². The Balaban J connectivity index is 2.72. The second-order valence-corrected chi connectivity index (χ2v) is 4.21. The topological polar surface area (TPSA) is 100 Å². The van der Waals surface area contributed by atoms with Gasteiger partial charge in [-0.15, -0.1) is 0 Å². The number of aliphatic hydroxyl groups excluding tert-OH is 1. The molecule has 0 saturated heterocycles. The number of ether oxygens (including phenoxy) is 1. The highest BCUT2D eigenvalue weighted by Crippen LogP contribution is 2.20. The molecule has 0 amide bonds. The third-order valence-electron chi connectivity index (χ3n) is 2.83. The molecule has 1 atom stereocenters. The molecule has 0 heterocycles. The van der Waals surface area contributed by atoms with Gasteiger partial charge in [-0.25, -0.2) is 0 Å². The zero-order chi connectivity index (χ0) is 14.3. The fourth-order valence-electron chi connectivity index (χ4n) is 1.64. The molecule has 0 bridgehead atoms. The van der Waals surface area contributed by atoms with Crippen molar-refractivity contribution in [1.82, 2.24) is 5.32 Å². The predicted molar refractivity (Wildman–Crippen MR) is 73.5 cm³/mol. The average molecular weight is 267 g/mol. The second kappa shape index (κ2) is 7.60. The van der Waals surface area contributed by atoms with Crippen molar-refractivity contribution in [2.24, 2.45) is 10.9 Å². The molecule has 1 aromatic carbocycles. The first-order chi connectivity index (χ1) is 9.12. The summed E-state index contributed by atoms with van der Waals surface area (Å²) in [6, 6.07) is 5.42. The highest BCUT2D eigenvalue weighted by molar-refractivity contribution is 5.99. The molecule has 6 nitrogen and oxygen atoms in total. The van der Waals surface area contributed by atoms with Gasteiger partial charge in [0.2, 0.25) is 0 Å². The van der Waals surface area contributed by atoms with E-state index in [1.807, 2.05) is 19.1 Å². The van der Waals surface area contributed by atoms with Crippen molar-refractivity contribution < 1.29 is 15.1 Å². The lowest BCUT2D eigenvalue weighted by Crippen LogP contribution is -2.25. The van der Waals surface area contributed by atoms with Crippen LogP contribution in [0.25, 0.3) is 0 Å². The summed E-state index contributed by atoms with van der Waals surface area (Å²) in [4.78, 5) is 0. The molecule has 0 aliphatic rings. The minimum absolute atomic E-state index is 0.0118. The molecule has 0 saturated carbocycles. The maximum Gasteiger partial charge on any atom is 0.173 e. The fourth-order valence-corrected chi connectivity index (χ4v) is 1.64. The van der Waals surface area contributed by atoms with Gasteiger partial charge in [0, 0.05) is 13.1 Å². The van der Waals surface area contributed by atoms with Crippen molar-refractivity contribution >= 4 is 5.84 Å². The van der Waals surface area contributed by atoms with Gasteiger partial charge in [0.15, 0.2) is 5.84 Å². The van der Waals surface area contributed by atoms with Gasteiger partial charge >= 0.3 is 0 Å². The normalized spacial score (nSPS) is 13.3. The molecule has 0 fully saturated rings. The molecule has 0 aliphatic heterocycles. The van der Waals surface area contributed by atoms with Crippen LogP contribution < -0.4 is 15.8 Å². The average Bonchev–Trinajstić information content (AvgIpc) is 2.45. The number of nitrogens with two attached hydrogens (primary N) is 1. The highest BCUT2D eigenvalue weighted by Gasteiger charge is 2.09. The van der Waals surface area contributed by atoms with E-state index >= 15 is 0 Å². The van der Waals surface area contributed by atoms with E-state index in [-0.39, 0.29) is 11.9 Å². The van der Waals surface area contributed by atoms with Crippen LogP contribution in [0.5, 0.6) is 5.75 Å². The van der Waals surface area contributed by atoms with Crippen molar-refractivity contribution in [1.29, 1.82) is 0 Å². The summed E-state index contributed by atoms with van der Waals surface area (Å²) in [5, 5.41) is 24.2. The van der Waals surface area contributed by atoms with Crippen LogP contribution in [0.2, 0.25) is 0 Å². The van der Waals surface area contributed by atoms with E-state index in [1.54, 1.807) is 6.07 Å². The van der Waals surface area contributed by atoms with Gasteiger partial charge < -0.3 is 26.1 Å². The Bertz CT molecular complexity index is 435. The monoisotopic (exact) mass is 267 g/mol. The molecule has 6 heteroatoms. The third kappa shape index (κ3) is 4.42. The number of rotatable bonds is 7. The third-order valence-corrected chi connectivity index (χ3v) is 2.83. The Morgan fingerprint density at radius 2 is 2.26 bits per heavy atom. The summed E-state index contributed by atoms with van der Waals surface area (Å²) in [6.07, 6.45) is 0.386. The molecule has 1 aromatic rings.